The summed E-state index contributed by atoms with van der Waals surface area (Å²) in [5.74, 6) is -4.45. The van der Waals surface area contributed by atoms with Crippen molar-refractivity contribution in [2.45, 2.75) is 45.8 Å². The molecule has 2 rings (SSSR count). The lowest BCUT2D eigenvalue weighted by atomic mass is 10.1. The Morgan fingerprint density at radius 3 is 2.15 bits per heavy atom. The van der Waals surface area contributed by atoms with Crippen LogP contribution >= 0.6 is 0 Å². The standard InChI is InChI=1S/C23H28F3N3O4S/c1-15(22(31)27-23(2,3)4)28(13-16-8-6-7-9-18(16)24)21(30)14-29(34(5,32)33)17-10-11-19(25)20(26)12-17/h6-12,15H,13-14H2,1-5H3,(H,27,31). The minimum atomic E-state index is -4.11. The lowest BCUT2D eigenvalue weighted by Gasteiger charge is -2.33. The van der Waals surface area contributed by atoms with Crippen molar-refractivity contribution in [3.8, 4) is 0 Å². The number of sulfonamides is 1. The van der Waals surface area contributed by atoms with Crippen LogP contribution in [0, 0.1) is 17.5 Å². The summed E-state index contributed by atoms with van der Waals surface area (Å²) in [5.41, 5.74) is -0.778. The van der Waals surface area contributed by atoms with Crippen molar-refractivity contribution in [2.75, 3.05) is 17.1 Å². The fraction of sp³-hybridized carbons (Fsp3) is 0.391. The predicted octanol–water partition coefficient (Wildman–Crippen LogP) is 3.20. The summed E-state index contributed by atoms with van der Waals surface area (Å²) in [4.78, 5) is 27.1. The highest BCUT2D eigenvalue weighted by atomic mass is 32.2. The van der Waals surface area contributed by atoms with Crippen molar-refractivity contribution in [3.63, 3.8) is 0 Å². The molecule has 2 aromatic rings. The van der Waals surface area contributed by atoms with Crippen LogP contribution in [0.15, 0.2) is 42.5 Å². The summed E-state index contributed by atoms with van der Waals surface area (Å²) in [7, 11) is -4.11. The van der Waals surface area contributed by atoms with Crippen LogP contribution in [0.3, 0.4) is 0 Å². The molecule has 0 saturated heterocycles. The Hall–Kier alpha value is -3.08. The van der Waals surface area contributed by atoms with Crippen LogP contribution in [-0.2, 0) is 26.2 Å². The van der Waals surface area contributed by atoms with Crippen LogP contribution in [-0.4, -0.2) is 49.5 Å². The summed E-state index contributed by atoms with van der Waals surface area (Å²) in [6.07, 6.45) is 0.804. The highest BCUT2D eigenvalue weighted by Gasteiger charge is 2.32. The Bertz CT molecular complexity index is 1170. The average molecular weight is 500 g/mol. The number of nitrogens with zero attached hydrogens (tertiary/aromatic N) is 2. The molecule has 11 heteroatoms. The van der Waals surface area contributed by atoms with E-state index < -0.39 is 57.4 Å². The molecule has 0 aliphatic carbocycles. The van der Waals surface area contributed by atoms with Gasteiger partial charge in [0.1, 0.15) is 18.4 Å². The number of hydrogen-bond acceptors (Lipinski definition) is 4. The molecule has 0 bridgehead atoms. The number of anilines is 1. The van der Waals surface area contributed by atoms with Crippen molar-refractivity contribution in [1.82, 2.24) is 10.2 Å². The molecule has 0 saturated carbocycles. The van der Waals surface area contributed by atoms with E-state index >= 15 is 0 Å². The molecular formula is C23H28F3N3O4S. The maximum atomic E-state index is 14.3. The second kappa shape index (κ2) is 10.5. The number of hydrogen-bond donors (Lipinski definition) is 1. The molecule has 1 N–H and O–H groups in total. The van der Waals surface area contributed by atoms with E-state index in [4.69, 9.17) is 0 Å². The third kappa shape index (κ3) is 7.21. The van der Waals surface area contributed by atoms with Crippen molar-refractivity contribution in [2.24, 2.45) is 0 Å². The quantitative estimate of drug-likeness (QED) is 0.605. The van der Waals surface area contributed by atoms with Gasteiger partial charge in [-0.2, -0.15) is 0 Å². The molecule has 0 fully saturated rings. The van der Waals surface area contributed by atoms with Gasteiger partial charge in [0.15, 0.2) is 11.6 Å². The van der Waals surface area contributed by atoms with E-state index in [1.807, 2.05) is 0 Å². The first-order valence-electron chi connectivity index (χ1n) is 10.4. The topological polar surface area (TPSA) is 86.8 Å². The molecule has 0 aliphatic heterocycles. The van der Waals surface area contributed by atoms with E-state index in [2.05, 4.69) is 5.32 Å². The summed E-state index contributed by atoms with van der Waals surface area (Å²) >= 11 is 0. The minimum absolute atomic E-state index is 0.116. The van der Waals surface area contributed by atoms with Gasteiger partial charge >= 0.3 is 0 Å². The molecule has 2 amide bonds. The van der Waals surface area contributed by atoms with Gasteiger partial charge in [-0.3, -0.25) is 13.9 Å². The van der Waals surface area contributed by atoms with E-state index in [9.17, 15) is 31.2 Å². The molecule has 0 heterocycles. The van der Waals surface area contributed by atoms with Gasteiger partial charge in [0.2, 0.25) is 21.8 Å². The minimum Gasteiger partial charge on any atom is -0.350 e. The molecule has 0 aliphatic rings. The maximum Gasteiger partial charge on any atom is 0.244 e. The summed E-state index contributed by atoms with van der Waals surface area (Å²) in [6.45, 7) is 5.53. The molecule has 2 aromatic carbocycles. The zero-order valence-corrected chi connectivity index (χ0v) is 20.4. The van der Waals surface area contributed by atoms with E-state index in [0.717, 1.165) is 23.3 Å². The van der Waals surface area contributed by atoms with Crippen LogP contribution in [0.4, 0.5) is 18.9 Å². The Morgan fingerprint density at radius 1 is 1.00 bits per heavy atom. The van der Waals surface area contributed by atoms with Gasteiger partial charge in [-0.15, -0.1) is 0 Å². The molecule has 0 spiro atoms. The Morgan fingerprint density at radius 2 is 1.62 bits per heavy atom. The van der Waals surface area contributed by atoms with Gasteiger partial charge in [-0.1, -0.05) is 18.2 Å². The molecule has 1 unspecified atom stereocenters. The van der Waals surface area contributed by atoms with E-state index in [1.165, 1.54) is 25.1 Å². The van der Waals surface area contributed by atoms with Gasteiger partial charge in [0, 0.05) is 23.7 Å². The lowest BCUT2D eigenvalue weighted by molar-refractivity contribution is -0.140. The Kier molecular flexibility index (Phi) is 8.35. The SMILES string of the molecule is CC(C(=O)NC(C)(C)C)N(Cc1ccccc1F)C(=O)CN(c1ccc(F)c(F)c1)S(C)(=O)=O. The van der Waals surface area contributed by atoms with Gasteiger partial charge in [-0.25, -0.2) is 21.6 Å². The van der Waals surface area contributed by atoms with E-state index in [-0.39, 0.29) is 17.8 Å². The van der Waals surface area contributed by atoms with E-state index in [1.54, 1.807) is 26.8 Å². The molecule has 0 aromatic heterocycles. The first kappa shape index (κ1) is 27.2. The van der Waals surface area contributed by atoms with Crippen LogP contribution in [0.5, 0.6) is 0 Å². The molecule has 186 valence electrons. The fourth-order valence-corrected chi connectivity index (χ4v) is 3.96. The normalized spacial score (nSPS) is 12.7. The third-order valence-electron chi connectivity index (χ3n) is 4.83. The monoisotopic (exact) mass is 499 g/mol. The van der Waals surface area contributed by atoms with Crippen molar-refractivity contribution in [3.05, 3.63) is 65.5 Å². The molecule has 7 nitrogen and oxygen atoms in total. The van der Waals surface area contributed by atoms with Gasteiger partial charge in [-0.05, 0) is 45.9 Å². The molecule has 1 atom stereocenters. The largest absolute Gasteiger partial charge is 0.350 e. The van der Waals surface area contributed by atoms with E-state index in [0.29, 0.717) is 10.4 Å². The summed E-state index contributed by atoms with van der Waals surface area (Å²) in [6, 6.07) is 6.97. The first-order chi connectivity index (χ1) is 15.6. The number of rotatable bonds is 8. The highest BCUT2D eigenvalue weighted by Crippen LogP contribution is 2.22. The summed E-state index contributed by atoms with van der Waals surface area (Å²) < 4.78 is 66.8. The third-order valence-corrected chi connectivity index (χ3v) is 5.97. The highest BCUT2D eigenvalue weighted by molar-refractivity contribution is 7.92. The number of benzene rings is 2. The number of nitrogens with one attached hydrogen (secondary N) is 1. The Balaban J connectivity index is 2.44. The number of halogens is 3. The predicted molar refractivity (Wildman–Crippen MR) is 123 cm³/mol. The van der Waals surface area contributed by atoms with Crippen LogP contribution in [0.2, 0.25) is 0 Å². The second-order valence-electron chi connectivity index (χ2n) is 8.90. The Labute approximate surface area is 197 Å². The van der Waals surface area contributed by atoms with Crippen molar-refractivity contribution in [1.29, 1.82) is 0 Å². The smallest absolute Gasteiger partial charge is 0.244 e. The molecule has 34 heavy (non-hydrogen) atoms. The van der Waals surface area contributed by atoms with Gasteiger partial charge in [0.25, 0.3) is 0 Å². The number of carbonyl (C=O) groups excluding carboxylic acids is 2. The lowest BCUT2D eigenvalue weighted by Crippen LogP contribution is -2.54. The molecular weight excluding hydrogens is 471 g/mol. The second-order valence-corrected chi connectivity index (χ2v) is 10.8. The van der Waals surface area contributed by atoms with Gasteiger partial charge < -0.3 is 10.2 Å². The summed E-state index contributed by atoms with van der Waals surface area (Å²) in [5, 5.41) is 2.73. The van der Waals surface area contributed by atoms with Crippen LogP contribution in [0.1, 0.15) is 33.3 Å². The zero-order chi connectivity index (χ0) is 25.8. The van der Waals surface area contributed by atoms with Crippen molar-refractivity contribution < 1.29 is 31.2 Å². The van der Waals surface area contributed by atoms with Crippen LogP contribution in [0.25, 0.3) is 0 Å². The number of carbonyl (C=O) groups is 2. The first-order valence-corrected chi connectivity index (χ1v) is 12.2. The molecule has 0 radical (unpaired) electrons. The number of amides is 2. The zero-order valence-electron chi connectivity index (χ0n) is 19.6. The maximum absolute atomic E-state index is 14.3. The van der Waals surface area contributed by atoms with Crippen LogP contribution < -0.4 is 9.62 Å². The average Bonchev–Trinajstić information content (AvgIpc) is 2.70. The fourth-order valence-electron chi connectivity index (χ4n) is 3.12. The van der Waals surface area contributed by atoms with Gasteiger partial charge in [0.05, 0.1) is 11.9 Å². The van der Waals surface area contributed by atoms with Crippen molar-refractivity contribution >= 4 is 27.5 Å².